The van der Waals surface area contributed by atoms with E-state index >= 15 is 0 Å². The molecule has 3 amide bonds. The van der Waals surface area contributed by atoms with Crippen LogP contribution in [-0.4, -0.2) is 28.3 Å². The molecule has 2 aromatic carbocycles. The lowest BCUT2D eigenvalue weighted by atomic mass is 9.90. The molecule has 0 spiro atoms. The Kier molecular flexibility index (Phi) is 8.92. The first-order chi connectivity index (χ1) is 16.2. The van der Waals surface area contributed by atoms with Gasteiger partial charge >= 0.3 is 13.9 Å². The second kappa shape index (κ2) is 11.9. The molecular formula is C23H30N3O7P. The first kappa shape index (κ1) is 25.6. The third-order valence-electron chi connectivity index (χ3n) is 5.56. The molecule has 0 atom stereocenters. The van der Waals surface area contributed by atoms with Crippen molar-refractivity contribution in [3.05, 3.63) is 59.2 Å². The average molecular weight is 491 g/mol. The predicted molar refractivity (Wildman–Crippen MR) is 125 cm³/mol. The zero-order valence-corrected chi connectivity index (χ0v) is 19.6. The number of urea groups is 1. The number of nitrogens with two attached hydrogens (primary N) is 1. The number of primary amides is 1. The molecule has 1 saturated carbocycles. The van der Waals surface area contributed by atoms with Gasteiger partial charge in [-0.15, -0.1) is 0 Å². The van der Waals surface area contributed by atoms with Crippen molar-refractivity contribution in [2.24, 2.45) is 11.7 Å². The minimum atomic E-state index is -4.61. The van der Waals surface area contributed by atoms with E-state index < -0.39 is 19.8 Å². The van der Waals surface area contributed by atoms with Crippen molar-refractivity contribution in [3.8, 4) is 11.5 Å². The lowest BCUT2D eigenvalue weighted by Gasteiger charge is -2.22. The van der Waals surface area contributed by atoms with Crippen LogP contribution in [-0.2, 0) is 17.7 Å². The molecule has 2 aromatic rings. The molecule has 184 valence electrons. The van der Waals surface area contributed by atoms with Gasteiger partial charge in [-0.1, -0.05) is 37.5 Å². The molecule has 0 aliphatic heterocycles. The number of ether oxygens (including phenoxy) is 1. The zero-order chi connectivity index (χ0) is 24.6. The van der Waals surface area contributed by atoms with E-state index in [0.717, 1.165) is 12.8 Å². The van der Waals surface area contributed by atoms with E-state index in [1.54, 1.807) is 30.3 Å². The molecule has 1 aliphatic rings. The number of carbonyl (C=O) groups excluding carboxylic acids is 2. The fourth-order valence-corrected chi connectivity index (χ4v) is 4.20. The van der Waals surface area contributed by atoms with Crippen LogP contribution in [0, 0.1) is 5.92 Å². The second-order valence-corrected chi connectivity index (χ2v) is 9.44. The highest BCUT2D eigenvalue weighted by Crippen LogP contribution is 2.37. The molecular weight excluding hydrogens is 461 g/mol. The van der Waals surface area contributed by atoms with Crippen molar-refractivity contribution < 1.29 is 33.2 Å². The molecule has 34 heavy (non-hydrogen) atoms. The highest BCUT2D eigenvalue weighted by molar-refractivity contribution is 7.46. The molecule has 0 heterocycles. The largest absolute Gasteiger partial charge is 0.524 e. The summed E-state index contributed by atoms with van der Waals surface area (Å²) in [6.45, 7) is 0.944. The topological polar surface area (TPSA) is 160 Å². The number of hydrogen-bond donors (Lipinski definition) is 5. The van der Waals surface area contributed by atoms with E-state index in [1.165, 1.54) is 31.4 Å². The van der Waals surface area contributed by atoms with Crippen LogP contribution in [0.2, 0.25) is 0 Å². The fourth-order valence-electron chi connectivity index (χ4n) is 3.80. The molecule has 0 radical (unpaired) electrons. The van der Waals surface area contributed by atoms with Gasteiger partial charge in [0.25, 0.3) is 5.91 Å². The Bertz CT molecular complexity index is 1030. The van der Waals surface area contributed by atoms with Crippen LogP contribution in [0.1, 0.15) is 53.6 Å². The van der Waals surface area contributed by atoms with E-state index in [4.69, 9.17) is 20.3 Å². The summed E-state index contributed by atoms with van der Waals surface area (Å²) in [4.78, 5) is 41.7. The highest BCUT2D eigenvalue weighted by Gasteiger charge is 2.17. The minimum absolute atomic E-state index is 0.0259. The van der Waals surface area contributed by atoms with Gasteiger partial charge in [-0.2, -0.15) is 0 Å². The monoisotopic (exact) mass is 491 g/mol. The normalized spacial score (nSPS) is 14.3. The van der Waals surface area contributed by atoms with E-state index in [-0.39, 0.29) is 24.4 Å². The van der Waals surface area contributed by atoms with Crippen LogP contribution in [0.3, 0.4) is 0 Å². The van der Waals surface area contributed by atoms with Gasteiger partial charge in [0.15, 0.2) is 0 Å². The third-order valence-corrected chi connectivity index (χ3v) is 6.01. The van der Waals surface area contributed by atoms with Crippen LogP contribution in [0.4, 0.5) is 4.79 Å². The van der Waals surface area contributed by atoms with Gasteiger partial charge in [-0.25, -0.2) is 9.36 Å². The molecule has 11 heteroatoms. The van der Waals surface area contributed by atoms with Crippen LogP contribution in [0.25, 0.3) is 0 Å². The Labute approximate surface area is 198 Å². The van der Waals surface area contributed by atoms with Crippen molar-refractivity contribution in [2.75, 3.05) is 6.61 Å². The Morgan fingerprint density at radius 1 is 0.971 bits per heavy atom. The van der Waals surface area contributed by atoms with E-state index in [1.807, 2.05) is 0 Å². The van der Waals surface area contributed by atoms with Crippen LogP contribution >= 0.6 is 7.82 Å². The Morgan fingerprint density at radius 3 is 2.21 bits per heavy atom. The first-order valence-electron chi connectivity index (χ1n) is 11.1. The maximum atomic E-state index is 12.1. The third kappa shape index (κ3) is 8.37. The van der Waals surface area contributed by atoms with Gasteiger partial charge < -0.3 is 25.6 Å². The SMILES string of the molecule is NC(=O)c1cc(CNC(=O)NCc2ccc(OP(=O)(O)O)cc2)ccc1OCC1CCCCC1. The smallest absolute Gasteiger partial charge is 0.492 e. The lowest BCUT2D eigenvalue weighted by molar-refractivity contribution is 0.0994. The van der Waals surface area contributed by atoms with Crippen molar-refractivity contribution in [1.82, 2.24) is 10.6 Å². The number of phosphoric ester groups is 1. The van der Waals surface area contributed by atoms with Gasteiger partial charge in [0, 0.05) is 13.1 Å². The maximum absolute atomic E-state index is 12.1. The van der Waals surface area contributed by atoms with Crippen LogP contribution < -0.4 is 25.6 Å². The summed E-state index contributed by atoms with van der Waals surface area (Å²) >= 11 is 0. The summed E-state index contributed by atoms with van der Waals surface area (Å²) in [7, 11) is -4.61. The van der Waals surface area contributed by atoms with E-state index in [2.05, 4.69) is 15.2 Å². The lowest BCUT2D eigenvalue weighted by Crippen LogP contribution is -2.34. The fraction of sp³-hybridized carbons (Fsp3) is 0.391. The molecule has 0 aromatic heterocycles. The van der Waals surface area contributed by atoms with E-state index in [0.29, 0.717) is 29.4 Å². The highest BCUT2D eigenvalue weighted by atomic mass is 31.2. The van der Waals surface area contributed by atoms with Crippen molar-refractivity contribution in [1.29, 1.82) is 0 Å². The van der Waals surface area contributed by atoms with Crippen molar-refractivity contribution in [3.63, 3.8) is 0 Å². The number of phosphoric acid groups is 1. The number of hydrogen-bond acceptors (Lipinski definition) is 5. The van der Waals surface area contributed by atoms with Gasteiger partial charge in [0.1, 0.15) is 11.5 Å². The molecule has 3 rings (SSSR count). The minimum Gasteiger partial charge on any atom is -0.492 e. The Hall–Kier alpha value is -3.07. The standard InChI is InChI=1S/C23H30N3O7P/c24-22(27)20-12-18(8-11-21(20)32-15-17-4-2-1-3-5-17)14-26-23(28)25-13-16-6-9-19(10-7-16)33-34(29,30)31/h6-12,17H,1-5,13-15H2,(H2,24,27)(H2,25,26,28)(H2,29,30,31). The molecule has 1 fully saturated rings. The van der Waals surface area contributed by atoms with Crippen LogP contribution in [0.5, 0.6) is 11.5 Å². The number of nitrogens with one attached hydrogen (secondary N) is 2. The van der Waals surface area contributed by atoms with Gasteiger partial charge in [-0.05, 0) is 54.2 Å². The van der Waals surface area contributed by atoms with Crippen molar-refractivity contribution in [2.45, 2.75) is 45.2 Å². The molecule has 6 N–H and O–H groups in total. The second-order valence-electron chi connectivity index (χ2n) is 8.27. The number of amides is 3. The first-order valence-corrected chi connectivity index (χ1v) is 12.6. The van der Waals surface area contributed by atoms with Gasteiger partial charge in [0.05, 0.1) is 12.2 Å². The molecule has 1 aliphatic carbocycles. The molecule has 10 nitrogen and oxygen atoms in total. The molecule has 0 bridgehead atoms. The molecule has 0 unspecified atom stereocenters. The number of rotatable bonds is 10. The Morgan fingerprint density at radius 2 is 1.59 bits per heavy atom. The average Bonchev–Trinajstić information content (AvgIpc) is 2.81. The summed E-state index contributed by atoms with van der Waals surface area (Å²) in [5.41, 5.74) is 7.23. The van der Waals surface area contributed by atoms with Gasteiger partial charge in [0.2, 0.25) is 0 Å². The van der Waals surface area contributed by atoms with Crippen molar-refractivity contribution >= 4 is 19.8 Å². The van der Waals surface area contributed by atoms with Gasteiger partial charge in [-0.3, -0.25) is 14.6 Å². The summed E-state index contributed by atoms with van der Waals surface area (Å²) in [5, 5.41) is 5.39. The zero-order valence-electron chi connectivity index (χ0n) is 18.7. The predicted octanol–water partition coefficient (Wildman–Crippen LogP) is 3.22. The maximum Gasteiger partial charge on any atom is 0.524 e. The van der Waals surface area contributed by atoms with E-state index in [9.17, 15) is 14.2 Å². The summed E-state index contributed by atoms with van der Waals surface area (Å²) < 4.78 is 21.2. The van der Waals surface area contributed by atoms with Crippen LogP contribution in [0.15, 0.2) is 42.5 Å². The summed E-state index contributed by atoms with van der Waals surface area (Å²) in [5.74, 6) is 0.390. The quantitative estimate of drug-likeness (QED) is 0.319. The summed E-state index contributed by atoms with van der Waals surface area (Å²) in [6, 6.07) is 10.6. The Balaban J connectivity index is 1.48. The molecule has 0 saturated heterocycles. The summed E-state index contributed by atoms with van der Waals surface area (Å²) in [6.07, 6.45) is 5.95. The number of benzene rings is 2. The number of carbonyl (C=O) groups is 2.